The maximum absolute atomic E-state index is 13.1. The zero-order valence-electron chi connectivity index (χ0n) is 6.77. The van der Waals surface area contributed by atoms with Crippen LogP contribution in [0.15, 0.2) is 18.3 Å². The Bertz CT molecular complexity index is 450. The summed E-state index contributed by atoms with van der Waals surface area (Å²) in [5.41, 5.74) is 7.18. The van der Waals surface area contributed by atoms with Gasteiger partial charge in [0.15, 0.2) is 0 Å². The van der Waals surface area contributed by atoms with Crippen molar-refractivity contribution in [2.45, 2.75) is 6.54 Å². The molecule has 0 bridgehead atoms. The predicted molar refractivity (Wildman–Crippen MR) is 51.2 cm³/mol. The fourth-order valence-electron chi connectivity index (χ4n) is 1.34. The number of halogens is 2. The molecule has 0 aliphatic rings. The highest BCUT2D eigenvalue weighted by molar-refractivity contribution is 6.31. The van der Waals surface area contributed by atoms with Crippen molar-refractivity contribution in [3.63, 3.8) is 0 Å². The van der Waals surface area contributed by atoms with Gasteiger partial charge >= 0.3 is 0 Å². The van der Waals surface area contributed by atoms with Gasteiger partial charge in [0, 0.05) is 23.6 Å². The highest BCUT2D eigenvalue weighted by Gasteiger charge is 2.06. The second-order valence-corrected chi connectivity index (χ2v) is 3.24. The normalized spacial score (nSPS) is 11.0. The molecule has 0 radical (unpaired) electrons. The van der Waals surface area contributed by atoms with Crippen molar-refractivity contribution in [2.75, 3.05) is 0 Å². The molecule has 3 N–H and O–H groups in total. The van der Waals surface area contributed by atoms with E-state index in [-0.39, 0.29) is 5.02 Å². The third-order valence-corrected chi connectivity index (χ3v) is 2.32. The lowest BCUT2D eigenvalue weighted by Crippen LogP contribution is -1.94. The molecule has 0 aliphatic carbocycles. The second-order valence-electron chi connectivity index (χ2n) is 2.83. The van der Waals surface area contributed by atoms with Crippen LogP contribution in [0.4, 0.5) is 4.39 Å². The summed E-state index contributed by atoms with van der Waals surface area (Å²) in [5.74, 6) is -0.413. The molecule has 2 nitrogen and oxygen atoms in total. The lowest BCUT2D eigenvalue weighted by molar-refractivity contribution is 0.630. The zero-order valence-corrected chi connectivity index (χ0v) is 7.53. The molecule has 1 aromatic carbocycles. The largest absolute Gasteiger partial charge is 0.361 e. The van der Waals surface area contributed by atoms with E-state index in [2.05, 4.69) is 4.98 Å². The number of nitrogens with one attached hydrogen (secondary N) is 1. The molecule has 0 amide bonds. The maximum atomic E-state index is 13.1. The Morgan fingerprint density at radius 1 is 1.46 bits per heavy atom. The third-order valence-electron chi connectivity index (χ3n) is 2.03. The summed E-state index contributed by atoms with van der Waals surface area (Å²) in [6.07, 6.45) is 1.76. The minimum Gasteiger partial charge on any atom is -0.361 e. The van der Waals surface area contributed by atoms with Crippen LogP contribution in [0.25, 0.3) is 10.9 Å². The summed E-state index contributed by atoms with van der Waals surface area (Å²) in [4.78, 5) is 2.98. The van der Waals surface area contributed by atoms with Crippen LogP contribution in [0.5, 0.6) is 0 Å². The fraction of sp³-hybridized carbons (Fsp3) is 0.111. The number of nitrogens with two attached hydrogens (primary N) is 1. The Morgan fingerprint density at radius 2 is 2.23 bits per heavy atom. The van der Waals surface area contributed by atoms with E-state index in [4.69, 9.17) is 17.3 Å². The summed E-state index contributed by atoms with van der Waals surface area (Å²) in [7, 11) is 0. The molecule has 0 aliphatic heterocycles. The molecule has 13 heavy (non-hydrogen) atoms. The maximum Gasteiger partial charge on any atom is 0.142 e. The molecule has 0 saturated heterocycles. The standard InChI is InChI=1S/C9H8ClFN2/c10-7-2-9-6(1-8(7)11)5(3-12)4-13-9/h1-2,4,13H,3,12H2. The van der Waals surface area contributed by atoms with Gasteiger partial charge in [0.05, 0.1) is 5.02 Å². The van der Waals surface area contributed by atoms with Crippen molar-refractivity contribution in [3.05, 3.63) is 34.7 Å². The smallest absolute Gasteiger partial charge is 0.142 e. The van der Waals surface area contributed by atoms with Gasteiger partial charge in [-0.25, -0.2) is 4.39 Å². The monoisotopic (exact) mass is 198 g/mol. The van der Waals surface area contributed by atoms with Crippen LogP contribution in [0.1, 0.15) is 5.56 Å². The van der Waals surface area contributed by atoms with E-state index in [9.17, 15) is 4.39 Å². The van der Waals surface area contributed by atoms with Gasteiger partial charge in [0.25, 0.3) is 0 Å². The molecular formula is C9H8ClFN2. The number of benzene rings is 1. The van der Waals surface area contributed by atoms with Crippen LogP contribution in [-0.4, -0.2) is 4.98 Å². The van der Waals surface area contributed by atoms with Crippen LogP contribution >= 0.6 is 11.6 Å². The molecule has 2 aromatic rings. The molecule has 4 heteroatoms. The molecule has 0 atom stereocenters. The molecule has 0 fully saturated rings. The Labute approximate surface area is 79.5 Å². The van der Waals surface area contributed by atoms with Crippen LogP contribution in [0, 0.1) is 5.82 Å². The first kappa shape index (κ1) is 8.53. The lowest BCUT2D eigenvalue weighted by Gasteiger charge is -1.96. The van der Waals surface area contributed by atoms with E-state index in [0.717, 1.165) is 16.5 Å². The van der Waals surface area contributed by atoms with Crippen LogP contribution in [0.3, 0.4) is 0 Å². The number of aromatic amines is 1. The number of aromatic nitrogens is 1. The Morgan fingerprint density at radius 3 is 2.92 bits per heavy atom. The number of rotatable bonds is 1. The van der Waals surface area contributed by atoms with Crippen LogP contribution < -0.4 is 5.73 Å². The molecule has 0 saturated carbocycles. The Balaban J connectivity index is 2.77. The van der Waals surface area contributed by atoms with Gasteiger partial charge in [-0.15, -0.1) is 0 Å². The summed E-state index contributed by atoms with van der Waals surface area (Å²) >= 11 is 5.61. The molecule has 2 rings (SSSR count). The Kier molecular flexibility index (Phi) is 1.98. The number of hydrogen-bond acceptors (Lipinski definition) is 1. The summed E-state index contributed by atoms with van der Waals surface area (Å²) in [6.45, 7) is 0.390. The predicted octanol–water partition coefficient (Wildman–Crippen LogP) is 2.42. The average molecular weight is 199 g/mol. The van der Waals surface area contributed by atoms with Crippen molar-refractivity contribution >= 4 is 22.5 Å². The molecule has 0 spiro atoms. The second kappa shape index (κ2) is 3.01. The van der Waals surface area contributed by atoms with E-state index in [0.29, 0.717) is 6.54 Å². The van der Waals surface area contributed by atoms with Gasteiger partial charge in [0.1, 0.15) is 5.82 Å². The van der Waals surface area contributed by atoms with E-state index < -0.39 is 5.82 Å². The lowest BCUT2D eigenvalue weighted by atomic mass is 10.2. The molecule has 68 valence electrons. The van der Waals surface area contributed by atoms with Gasteiger partial charge in [0.2, 0.25) is 0 Å². The van der Waals surface area contributed by atoms with Crippen molar-refractivity contribution in [1.82, 2.24) is 4.98 Å². The minimum absolute atomic E-state index is 0.123. The van der Waals surface area contributed by atoms with E-state index in [1.54, 1.807) is 12.3 Å². The first-order chi connectivity index (χ1) is 6.22. The molecule has 1 heterocycles. The molecule has 1 aromatic heterocycles. The van der Waals surface area contributed by atoms with Gasteiger partial charge in [-0.1, -0.05) is 11.6 Å². The van der Waals surface area contributed by atoms with Gasteiger partial charge in [-0.3, -0.25) is 0 Å². The first-order valence-corrected chi connectivity index (χ1v) is 4.25. The molecule has 0 unspecified atom stereocenters. The number of H-pyrrole nitrogens is 1. The van der Waals surface area contributed by atoms with E-state index in [1.165, 1.54) is 6.07 Å². The molecular weight excluding hydrogens is 191 g/mol. The highest BCUT2D eigenvalue weighted by atomic mass is 35.5. The van der Waals surface area contributed by atoms with Gasteiger partial charge in [-0.05, 0) is 17.7 Å². The summed E-state index contributed by atoms with van der Waals surface area (Å²) in [5, 5.41) is 0.919. The van der Waals surface area contributed by atoms with E-state index in [1.807, 2.05) is 0 Å². The minimum atomic E-state index is -0.413. The third kappa shape index (κ3) is 1.30. The van der Waals surface area contributed by atoms with Crippen molar-refractivity contribution in [1.29, 1.82) is 0 Å². The zero-order chi connectivity index (χ0) is 9.42. The van der Waals surface area contributed by atoms with Crippen LogP contribution in [0.2, 0.25) is 5.02 Å². The fourth-order valence-corrected chi connectivity index (χ4v) is 1.51. The van der Waals surface area contributed by atoms with Crippen molar-refractivity contribution in [2.24, 2.45) is 5.73 Å². The number of fused-ring (bicyclic) bond motifs is 1. The summed E-state index contributed by atoms with van der Waals surface area (Å²) in [6, 6.07) is 2.96. The number of hydrogen-bond donors (Lipinski definition) is 2. The SMILES string of the molecule is NCc1c[nH]c2cc(Cl)c(F)cc12. The topological polar surface area (TPSA) is 41.8 Å². The van der Waals surface area contributed by atoms with Crippen LogP contribution in [-0.2, 0) is 6.54 Å². The van der Waals surface area contributed by atoms with Crippen molar-refractivity contribution in [3.8, 4) is 0 Å². The van der Waals surface area contributed by atoms with Gasteiger partial charge < -0.3 is 10.7 Å². The first-order valence-electron chi connectivity index (χ1n) is 3.87. The van der Waals surface area contributed by atoms with E-state index >= 15 is 0 Å². The summed E-state index contributed by atoms with van der Waals surface area (Å²) < 4.78 is 13.1. The highest BCUT2D eigenvalue weighted by Crippen LogP contribution is 2.24. The quantitative estimate of drug-likeness (QED) is 0.726. The van der Waals surface area contributed by atoms with Gasteiger partial charge in [-0.2, -0.15) is 0 Å². The average Bonchev–Trinajstić information content (AvgIpc) is 2.48. The van der Waals surface area contributed by atoms with Crippen molar-refractivity contribution < 1.29 is 4.39 Å². The Hall–Kier alpha value is -1.06.